The van der Waals surface area contributed by atoms with Gasteiger partial charge in [0, 0.05) is 29.6 Å². The van der Waals surface area contributed by atoms with Gasteiger partial charge >= 0.3 is 11.7 Å². The molecule has 0 spiro atoms. The molecule has 1 aliphatic rings. The Morgan fingerprint density at radius 1 is 1.04 bits per heavy atom. The molecule has 0 bridgehead atoms. The first-order valence-electron chi connectivity index (χ1n) is 8.48. The first kappa shape index (κ1) is 17.6. The van der Waals surface area contributed by atoms with Gasteiger partial charge in [-0.3, -0.25) is 0 Å². The molecule has 27 heavy (non-hydrogen) atoms. The third kappa shape index (κ3) is 3.82. The first-order chi connectivity index (χ1) is 13.1. The fourth-order valence-electron chi connectivity index (χ4n) is 2.90. The van der Waals surface area contributed by atoms with Crippen LogP contribution >= 0.6 is 11.6 Å². The molecule has 2 heterocycles. The largest absolute Gasteiger partial charge is 0.422 e. The summed E-state index contributed by atoms with van der Waals surface area (Å²) in [7, 11) is 0. The Morgan fingerprint density at radius 2 is 1.78 bits per heavy atom. The van der Waals surface area contributed by atoms with Gasteiger partial charge in [-0.1, -0.05) is 23.7 Å². The Balaban J connectivity index is 1.61. The molecule has 1 fully saturated rings. The minimum atomic E-state index is -0.471. The highest BCUT2D eigenvalue weighted by molar-refractivity contribution is 6.30. The summed E-state index contributed by atoms with van der Waals surface area (Å²) in [4.78, 5) is 26.1. The van der Waals surface area contributed by atoms with Crippen LogP contribution < -0.4 is 10.4 Å². The van der Waals surface area contributed by atoms with E-state index in [-0.39, 0.29) is 0 Å². The molecule has 0 radical (unpaired) electrons. The number of hydrogen-bond acceptors (Lipinski definition) is 5. The van der Waals surface area contributed by atoms with Gasteiger partial charge in [-0.05, 0) is 35.9 Å². The number of rotatable bonds is 2. The van der Waals surface area contributed by atoms with E-state index in [1.807, 2.05) is 0 Å². The van der Waals surface area contributed by atoms with Crippen molar-refractivity contribution in [3.05, 3.63) is 64.0 Å². The number of halogens is 1. The molecule has 1 amide bonds. The van der Waals surface area contributed by atoms with E-state index in [0.717, 1.165) is 10.9 Å². The molecular formula is C20H16ClNO5. The fraction of sp³-hybridized carbons (Fsp3) is 0.200. The maximum atomic E-state index is 12.4. The summed E-state index contributed by atoms with van der Waals surface area (Å²) >= 11 is 5.90. The Labute approximate surface area is 159 Å². The predicted molar refractivity (Wildman–Crippen MR) is 101 cm³/mol. The lowest BCUT2D eigenvalue weighted by Crippen LogP contribution is -2.42. The van der Waals surface area contributed by atoms with Crippen molar-refractivity contribution in [3.63, 3.8) is 0 Å². The number of nitrogens with zero attached hydrogens (tertiary/aromatic N) is 1. The van der Waals surface area contributed by atoms with E-state index in [2.05, 4.69) is 0 Å². The van der Waals surface area contributed by atoms with Gasteiger partial charge in [0.2, 0.25) is 0 Å². The molecule has 138 valence electrons. The molecule has 3 aromatic rings. The Kier molecular flexibility index (Phi) is 4.83. The van der Waals surface area contributed by atoms with Crippen LogP contribution in [0.3, 0.4) is 0 Å². The average Bonchev–Trinajstić information content (AvgIpc) is 2.69. The highest BCUT2D eigenvalue weighted by Crippen LogP contribution is 2.25. The molecular weight excluding hydrogens is 370 g/mol. The van der Waals surface area contributed by atoms with Gasteiger partial charge in [0.05, 0.1) is 18.8 Å². The zero-order valence-corrected chi connectivity index (χ0v) is 15.1. The van der Waals surface area contributed by atoms with E-state index in [1.54, 1.807) is 53.4 Å². The highest BCUT2D eigenvalue weighted by Gasteiger charge is 2.19. The summed E-state index contributed by atoms with van der Waals surface area (Å²) in [5.41, 5.74) is 1.04. The second-order valence-corrected chi connectivity index (χ2v) is 6.56. The topological polar surface area (TPSA) is 69.0 Å². The number of benzene rings is 2. The van der Waals surface area contributed by atoms with Crippen LogP contribution in [-0.2, 0) is 4.74 Å². The Morgan fingerprint density at radius 3 is 2.52 bits per heavy atom. The van der Waals surface area contributed by atoms with Gasteiger partial charge in [-0.2, -0.15) is 0 Å². The first-order valence-corrected chi connectivity index (χ1v) is 8.86. The van der Waals surface area contributed by atoms with Crippen LogP contribution in [0.15, 0.2) is 57.7 Å². The van der Waals surface area contributed by atoms with Crippen molar-refractivity contribution >= 4 is 28.7 Å². The van der Waals surface area contributed by atoms with Gasteiger partial charge in [-0.25, -0.2) is 9.59 Å². The number of ether oxygens (including phenoxy) is 2. The SMILES string of the molecule is O=C(Oc1ccc2cc(-c3ccc(Cl)cc3)c(=O)oc2c1)N1CCOCC1. The minimum Gasteiger partial charge on any atom is -0.422 e. The van der Waals surface area contributed by atoms with Crippen LogP contribution in [0, 0.1) is 0 Å². The molecule has 0 unspecified atom stereocenters. The summed E-state index contributed by atoms with van der Waals surface area (Å²) < 4.78 is 16.0. The van der Waals surface area contributed by atoms with Crippen LogP contribution in [0.4, 0.5) is 4.79 Å². The van der Waals surface area contributed by atoms with Crippen molar-refractivity contribution in [2.45, 2.75) is 0 Å². The van der Waals surface area contributed by atoms with Crippen molar-refractivity contribution in [1.82, 2.24) is 4.90 Å². The van der Waals surface area contributed by atoms with Crippen LogP contribution in [0.25, 0.3) is 22.1 Å². The van der Waals surface area contributed by atoms with Crippen LogP contribution in [-0.4, -0.2) is 37.3 Å². The molecule has 0 N–H and O–H groups in total. The van der Waals surface area contributed by atoms with E-state index < -0.39 is 11.7 Å². The summed E-state index contributed by atoms with van der Waals surface area (Å²) in [5.74, 6) is 0.321. The highest BCUT2D eigenvalue weighted by atomic mass is 35.5. The number of fused-ring (bicyclic) bond motifs is 1. The summed E-state index contributed by atoms with van der Waals surface area (Å²) in [5, 5.41) is 1.32. The average molecular weight is 386 g/mol. The lowest BCUT2D eigenvalue weighted by atomic mass is 10.1. The maximum Gasteiger partial charge on any atom is 0.415 e. The van der Waals surface area contributed by atoms with Crippen LogP contribution in [0.2, 0.25) is 5.02 Å². The quantitative estimate of drug-likeness (QED) is 0.625. The minimum absolute atomic E-state index is 0.321. The molecule has 0 saturated carbocycles. The Hall–Kier alpha value is -2.83. The number of hydrogen-bond donors (Lipinski definition) is 0. The van der Waals surface area contributed by atoms with E-state index in [1.165, 1.54) is 0 Å². The summed E-state index contributed by atoms with van der Waals surface area (Å²) in [6.07, 6.45) is -0.446. The number of amides is 1. The van der Waals surface area contributed by atoms with Crippen molar-refractivity contribution in [2.75, 3.05) is 26.3 Å². The third-order valence-electron chi connectivity index (χ3n) is 4.34. The lowest BCUT2D eigenvalue weighted by Gasteiger charge is -2.25. The summed E-state index contributed by atoms with van der Waals surface area (Å²) in [6, 6.07) is 13.7. The molecule has 7 heteroatoms. The van der Waals surface area contributed by atoms with Crippen LogP contribution in [0.1, 0.15) is 0 Å². The van der Waals surface area contributed by atoms with Crippen molar-refractivity contribution in [2.24, 2.45) is 0 Å². The number of carbonyl (C=O) groups excluding carboxylic acids is 1. The standard InChI is InChI=1S/C20H16ClNO5/c21-15-4-1-13(2-5-15)17-11-14-3-6-16(12-18(14)27-19(17)23)26-20(24)22-7-9-25-10-8-22/h1-6,11-12H,7-10H2. The molecule has 1 saturated heterocycles. The molecule has 6 nitrogen and oxygen atoms in total. The van der Waals surface area contributed by atoms with Crippen LogP contribution in [0.5, 0.6) is 5.75 Å². The summed E-state index contributed by atoms with van der Waals surface area (Å²) in [6.45, 7) is 1.97. The smallest absolute Gasteiger partial charge is 0.415 e. The lowest BCUT2D eigenvalue weighted by molar-refractivity contribution is 0.0416. The number of morpholine rings is 1. The monoisotopic (exact) mass is 385 g/mol. The van der Waals surface area contributed by atoms with E-state index in [9.17, 15) is 9.59 Å². The van der Waals surface area contributed by atoms with Gasteiger partial charge in [0.1, 0.15) is 11.3 Å². The zero-order chi connectivity index (χ0) is 18.8. The van der Waals surface area contributed by atoms with E-state index >= 15 is 0 Å². The van der Waals surface area contributed by atoms with E-state index in [0.29, 0.717) is 48.2 Å². The van der Waals surface area contributed by atoms with Gasteiger partial charge < -0.3 is 18.8 Å². The van der Waals surface area contributed by atoms with Gasteiger partial charge in [0.15, 0.2) is 0 Å². The normalized spacial score (nSPS) is 14.3. The van der Waals surface area contributed by atoms with Gasteiger partial charge in [-0.15, -0.1) is 0 Å². The zero-order valence-electron chi connectivity index (χ0n) is 14.3. The second kappa shape index (κ2) is 7.42. The molecule has 0 atom stereocenters. The Bertz CT molecular complexity index is 1040. The molecule has 4 rings (SSSR count). The van der Waals surface area contributed by atoms with Crippen molar-refractivity contribution in [3.8, 4) is 16.9 Å². The third-order valence-corrected chi connectivity index (χ3v) is 4.59. The molecule has 1 aromatic heterocycles. The molecule has 2 aromatic carbocycles. The van der Waals surface area contributed by atoms with E-state index in [4.69, 9.17) is 25.5 Å². The van der Waals surface area contributed by atoms with Crippen molar-refractivity contribution < 1.29 is 18.7 Å². The fourth-order valence-corrected chi connectivity index (χ4v) is 3.02. The molecule has 1 aliphatic heterocycles. The second-order valence-electron chi connectivity index (χ2n) is 6.12. The number of carbonyl (C=O) groups is 1. The predicted octanol–water partition coefficient (Wildman–Crippen LogP) is 3.94. The maximum absolute atomic E-state index is 12.4. The van der Waals surface area contributed by atoms with Gasteiger partial charge in [0.25, 0.3) is 0 Å². The molecule has 0 aliphatic carbocycles. The van der Waals surface area contributed by atoms with Crippen molar-refractivity contribution in [1.29, 1.82) is 0 Å².